The first kappa shape index (κ1) is 9.79. The number of hydrogen-bond acceptors (Lipinski definition) is 2. The van der Waals surface area contributed by atoms with E-state index in [1.807, 2.05) is 19.9 Å². The number of aliphatic carboxylic acids is 1. The van der Waals surface area contributed by atoms with Crippen molar-refractivity contribution in [3.05, 3.63) is 11.6 Å². The van der Waals surface area contributed by atoms with E-state index in [2.05, 4.69) is 0 Å². The second kappa shape index (κ2) is 2.88. The van der Waals surface area contributed by atoms with E-state index in [1.165, 1.54) is 0 Å². The standard InChI is InChI=1S/C10H13NO2/c1-6(5-11)4-7-8(9(12)13)10(7,2)3/h4,7-8H,1-3H3,(H,12,13)/b6-4+/t7-,8?/m1/s1. The van der Waals surface area contributed by atoms with Crippen LogP contribution in [0.1, 0.15) is 20.8 Å². The maximum atomic E-state index is 10.7. The minimum absolute atomic E-state index is 0.0182. The summed E-state index contributed by atoms with van der Waals surface area (Å²) in [6, 6.07) is 2.00. The Morgan fingerprint density at radius 2 is 2.15 bits per heavy atom. The molecule has 0 radical (unpaired) electrons. The van der Waals surface area contributed by atoms with Crippen LogP contribution in [0.15, 0.2) is 11.6 Å². The van der Waals surface area contributed by atoms with Gasteiger partial charge in [-0.15, -0.1) is 0 Å². The molecule has 0 aromatic heterocycles. The van der Waals surface area contributed by atoms with E-state index >= 15 is 0 Å². The van der Waals surface area contributed by atoms with Gasteiger partial charge in [-0.3, -0.25) is 4.79 Å². The van der Waals surface area contributed by atoms with E-state index in [4.69, 9.17) is 10.4 Å². The monoisotopic (exact) mass is 179 g/mol. The molecule has 3 nitrogen and oxygen atoms in total. The molecular weight excluding hydrogens is 166 g/mol. The maximum absolute atomic E-state index is 10.7. The molecule has 1 saturated carbocycles. The molecule has 1 aliphatic rings. The van der Waals surface area contributed by atoms with E-state index in [1.54, 1.807) is 13.0 Å². The van der Waals surface area contributed by atoms with Crippen LogP contribution in [0.5, 0.6) is 0 Å². The fraction of sp³-hybridized carbons (Fsp3) is 0.600. The van der Waals surface area contributed by atoms with Crippen LogP contribution < -0.4 is 0 Å². The van der Waals surface area contributed by atoms with Crippen LogP contribution in [0.2, 0.25) is 0 Å². The van der Waals surface area contributed by atoms with Crippen molar-refractivity contribution >= 4 is 5.97 Å². The SMILES string of the molecule is C/C(C#N)=C\[C@@H]1C(C(=O)O)C1(C)C. The molecule has 0 amide bonds. The summed E-state index contributed by atoms with van der Waals surface area (Å²) in [5.41, 5.74) is 0.408. The summed E-state index contributed by atoms with van der Waals surface area (Å²) < 4.78 is 0. The number of hydrogen-bond donors (Lipinski definition) is 1. The lowest BCUT2D eigenvalue weighted by atomic mass is 10.1. The van der Waals surface area contributed by atoms with Gasteiger partial charge >= 0.3 is 5.97 Å². The number of allylic oxidation sites excluding steroid dienone is 2. The molecule has 0 aromatic carbocycles. The molecule has 1 fully saturated rings. The molecule has 0 heterocycles. The maximum Gasteiger partial charge on any atom is 0.307 e. The first-order valence-electron chi connectivity index (χ1n) is 4.22. The van der Waals surface area contributed by atoms with Crippen molar-refractivity contribution in [1.29, 1.82) is 5.26 Å². The van der Waals surface area contributed by atoms with E-state index in [-0.39, 0.29) is 17.3 Å². The van der Waals surface area contributed by atoms with Gasteiger partial charge in [-0.2, -0.15) is 5.26 Å². The fourth-order valence-corrected chi connectivity index (χ4v) is 1.77. The Kier molecular flexibility index (Phi) is 2.17. The van der Waals surface area contributed by atoms with E-state index in [0.29, 0.717) is 5.57 Å². The average molecular weight is 179 g/mol. The van der Waals surface area contributed by atoms with Gasteiger partial charge in [0.1, 0.15) is 0 Å². The minimum Gasteiger partial charge on any atom is -0.481 e. The zero-order chi connectivity index (χ0) is 10.2. The summed E-state index contributed by atoms with van der Waals surface area (Å²) in [5.74, 6) is -1.07. The van der Waals surface area contributed by atoms with Gasteiger partial charge in [-0.25, -0.2) is 0 Å². The van der Waals surface area contributed by atoms with Crippen molar-refractivity contribution in [3.63, 3.8) is 0 Å². The third-order valence-corrected chi connectivity index (χ3v) is 2.78. The summed E-state index contributed by atoms with van der Waals surface area (Å²) >= 11 is 0. The van der Waals surface area contributed by atoms with Crippen molar-refractivity contribution in [3.8, 4) is 6.07 Å². The van der Waals surface area contributed by atoms with Gasteiger partial charge in [0.05, 0.1) is 12.0 Å². The highest BCUT2D eigenvalue weighted by Gasteiger charge is 2.60. The Hall–Kier alpha value is -1.30. The molecule has 0 aromatic rings. The molecule has 1 rings (SSSR count). The Morgan fingerprint density at radius 3 is 2.46 bits per heavy atom. The highest BCUT2D eigenvalue weighted by molar-refractivity contribution is 5.76. The van der Waals surface area contributed by atoms with Gasteiger partial charge in [0.25, 0.3) is 0 Å². The van der Waals surface area contributed by atoms with E-state index in [9.17, 15) is 4.79 Å². The van der Waals surface area contributed by atoms with Crippen LogP contribution in [0.25, 0.3) is 0 Å². The summed E-state index contributed by atoms with van der Waals surface area (Å²) in [6.07, 6.45) is 1.76. The van der Waals surface area contributed by atoms with Crippen LogP contribution in [-0.2, 0) is 4.79 Å². The lowest BCUT2D eigenvalue weighted by molar-refractivity contribution is -0.139. The molecule has 1 unspecified atom stereocenters. The van der Waals surface area contributed by atoms with Gasteiger partial charge in [-0.1, -0.05) is 19.9 Å². The zero-order valence-corrected chi connectivity index (χ0v) is 8.03. The van der Waals surface area contributed by atoms with Crippen molar-refractivity contribution in [2.45, 2.75) is 20.8 Å². The number of rotatable bonds is 2. The lowest BCUT2D eigenvalue weighted by Crippen LogP contribution is -2.03. The van der Waals surface area contributed by atoms with Gasteiger partial charge in [0.15, 0.2) is 0 Å². The van der Waals surface area contributed by atoms with Gasteiger partial charge in [-0.05, 0) is 18.3 Å². The van der Waals surface area contributed by atoms with Gasteiger partial charge < -0.3 is 5.11 Å². The van der Waals surface area contributed by atoms with Crippen LogP contribution in [0.3, 0.4) is 0 Å². The molecule has 0 saturated heterocycles. The predicted molar refractivity (Wildman–Crippen MR) is 47.8 cm³/mol. The molecule has 0 bridgehead atoms. The molecule has 0 aliphatic heterocycles. The lowest BCUT2D eigenvalue weighted by Gasteiger charge is -1.96. The second-order valence-electron chi connectivity index (χ2n) is 4.12. The van der Waals surface area contributed by atoms with Crippen molar-refractivity contribution in [1.82, 2.24) is 0 Å². The Labute approximate surface area is 77.7 Å². The molecular formula is C10H13NO2. The van der Waals surface area contributed by atoms with E-state index in [0.717, 1.165) is 0 Å². The molecule has 70 valence electrons. The van der Waals surface area contributed by atoms with Crippen LogP contribution in [0.4, 0.5) is 0 Å². The zero-order valence-electron chi connectivity index (χ0n) is 8.03. The molecule has 13 heavy (non-hydrogen) atoms. The third kappa shape index (κ3) is 1.57. The number of nitrogens with zero attached hydrogens (tertiary/aromatic N) is 1. The predicted octanol–water partition coefficient (Wildman–Crippen LogP) is 1.81. The summed E-state index contributed by atoms with van der Waals surface area (Å²) in [4.78, 5) is 10.7. The Balaban J connectivity index is 2.79. The summed E-state index contributed by atoms with van der Waals surface area (Å²) in [6.45, 7) is 5.53. The molecule has 3 heteroatoms. The number of carbonyl (C=O) groups is 1. The number of nitriles is 1. The van der Waals surface area contributed by atoms with Crippen molar-refractivity contribution < 1.29 is 9.90 Å². The quantitative estimate of drug-likeness (QED) is 0.657. The first-order chi connectivity index (χ1) is 5.91. The van der Waals surface area contributed by atoms with Crippen molar-refractivity contribution in [2.24, 2.45) is 17.3 Å². The van der Waals surface area contributed by atoms with Crippen molar-refractivity contribution in [2.75, 3.05) is 0 Å². The largest absolute Gasteiger partial charge is 0.481 e. The molecule has 1 N–H and O–H groups in total. The smallest absolute Gasteiger partial charge is 0.307 e. The van der Waals surface area contributed by atoms with Crippen LogP contribution in [-0.4, -0.2) is 11.1 Å². The van der Waals surface area contributed by atoms with Crippen LogP contribution >= 0.6 is 0 Å². The van der Waals surface area contributed by atoms with Crippen LogP contribution in [0, 0.1) is 28.6 Å². The summed E-state index contributed by atoms with van der Waals surface area (Å²) in [5, 5.41) is 17.4. The number of carboxylic acids is 1. The highest BCUT2D eigenvalue weighted by Crippen LogP contribution is 2.59. The summed E-state index contributed by atoms with van der Waals surface area (Å²) in [7, 11) is 0. The molecule has 1 aliphatic carbocycles. The normalized spacial score (nSPS) is 30.8. The Morgan fingerprint density at radius 1 is 1.62 bits per heavy atom. The fourth-order valence-electron chi connectivity index (χ4n) is 1.77. The Bertz CT molecular complexity index is 309. The van der Waals surface area contributed by atoms with Gasteiger partial charge in [0, 0.05) is 5.57 Å². The van der Waals surface area contributed by atoms with E-state index < -0.39 is 5.97 Å². The highest BCUT2D eigenvalue weighted by atomic mass is 16.4. The third-order valence-electron chi connectivity index (χ3n) is 2.78. The minimum atomic E-state index is -0.767. The van der Waals surface area contributed by atoms with Gasteiger partial charge in [0.2, 0.25) is 0 Å². The first-order valence-corrected chi connectivity index (χ1v) is 4.22. The molecule has 0 spiro atoms. The topological polar surface area (TPSA) is 61.1 Å². The average Bonchev–Trinajstić information content (AvgIpc) is 2.53. The second-order valence-corrected chi connectivity index (χ2v) is 4.12. The number of carboxylic acid groups (broad SMARTS) is 1. The molecule has 2 atom stereocenters.